The normalized spacial score (nSPS) is 27.6. The molecule has 0 radical (unpaired) electrons. The Morgan fingerprint density at radius 3 is 2.36 bits per heavy atom. The first kappa shape index (κ1) is 21.0. The van der Waals surface area contributed by atoms with Crippen LogP contribution in [0.2, 0.25) is 5.02 Å². The number of hydrogen-bond acceptors (Lipinski definition) is 7. The lowest BCUT2D eigenvalue weighted by Crippen LogP contribution is -2.61. The maximum Gasteiger partial charge on any atom is 0.172 e. The van der Waals surface area contributed by atoms with Gasteiger partial charge in [0.15, 0.2) is 6.23 Å². The molecule has 0 aromatic heterocycles. The van der Waals surface area contributed by atoms with Crippen molar-refractivity contribution in [2.75, 3.05) is 6.61 Å². The Bertz CT molecular complexity index is 785. The summed E-state index contributed by atoms with van der Waals surface area (Å²) in [7, 11) is 0. The highest BCUT2D eigenvalue weighted by Gasteiger charge is 2.43. The highest BCUT2D eigenvalue weighted by molar-refractivity contribution is 6.31. The molecule has 7 nitrogen and oxygen atoms in total. The van der Waals surface area contributed by atoms with Gasteiger partial charge in [0.25, 0.3) is 0 Å². The summed E-state index contributed by atoms with van der Waals surface area (Å²) in [6.45, 7) is 2.53. The topological polar surface area (TPSA) is 111 Å². The molecule has 0 amide bonds. The molecule has 1 saturated heterocycles. The van der Waals surface area contributed by atoms with Crippen molar-refractivity contribution >= 4 is 11.6 Å². The third-order valence-corrected chi connectivity index (χ3v) is 5.24. The van der Waals surface area contributed by atoms with Crippen LogP contribution in [-0.2, 0) is 11.3 Å². The van der Waals surface area contributed by atoms with Crippen LogP contribution in [0.4, 0.5) is 0 Å². The minimum absolute atomic E-state index is 0.563. The fourth-order valence-electron chi connectivity index (χ4n) is 3.35. The van der Waals surface area contributed by atoms with Crippen molar-refractivity contribution in [3.8, 4) is 5.75 Å². The lowest BCUT2D eigenvalue weighted by atomic mass is 9.89. The van der Waals surface area contributed by atoms with Crippen molar-refractivity contribution in [2.24, 2.45) is 0 Å². The number of piperidine rings is 1. The molecule has 2 aromatic carbocycles. The zero-order valence-electron chi connectivity index (χ0n) is 15.3. The zero-order chi connectivity index (χ0) is 20.3. The lowest BCUT2D eigenvalue weighted by Gasteiger charge is -2.40. The van der Waals surface area contributed by atoms with E-state index in [1.54, 1.807) is 12.1 Å². The maximum atomic E-state index is 10.3. The summed E-state index contributed by atoms with van der Waals surface area (Å²) in [5.74, 6) is 0.795. The van der Waals surface area contributed by atoms with E-state index < -0.39 is 30.6 Å². The molecule has 0 saturated carbocycles. The molecule has 0 aliphatic carbocycles. The van der Waals surface area contributed by atoms with Gasteiger partial charge in [-0.2, -0.15) is 0 Å². The summed E-state index contributed by atoms with van der Waals surface area (Å²) >= 11 is 6.35. The highest BCUT2D eigenvalue weighted by atomic mass is 35.5. The molecule has 1 fully saturated rings. The Balaban J connectivity index is 1.82. The van der Waals surface area contributed by atoms with Crippen molar-refractivity contribution in [3.05, 3.63) is 64.2 Å². The number of ether oxygens (including phenoxy) is 1. The second kappa shape index (κ2) is 9.19. The monoisotopic (exact) mass is 409 g/mol. The SMILES string of the molecule is CCOc1ccc(Cc2cc([C@@H]3N[C@H](OO)[C@@H](O)[C@H](O)[C@H]3O)ccc2Cl)cc1. The Morgan fingerprint density at radius 1 is 1.00 bits per heavy atom. The number of halogens is 1. The summed E-state index contributed by atoms with van der Waals surface area (Å²) < 4.78 is 5.45. The van der Waals surface area contributed by atoms with Gasteiger partial charge in [-0.05, 0) is 48.2 Å². The molecular formula is C20H24ClNO6. The first-order chi connectivity index (χ1) is 13.4. The van der Waals surface area contributed by atoms with Crippen molar-refractivity contribution in [3.63, 3.8) is 0 Å². The van der Waals surface area contributed by atoms with E-state index in [2.05, 4.69) is 10.2 Å². The maximum absolute atomic E-state index is 10.3. The average Bonchev–Trinajstić information content (AvgIpc) is 2.70. The Morgan fingerprint density at radius 2 is 1.71 bits per heavy atom. The number of aliphatic hydroxyl groups is 3. The van der Waals surface area contributed by atoms with Crippen LogP contribution in [0.25, 0.3) is 0 Å². The van der Waals surface area contributed by atoms with Crippen LogP contribution in [0.1, 0.15) is 29.7 Å². The van der Waals surface area contributed by atoms with Crippen molar-refractivity contribution in [1.29, 1.82) is 0 Å². The number of hydrogen-bond donors (Lipinski definition) is 5. The fourth-order valence-corrected chi connectivity index (χ4v) is 3.54. The van der Waals surface area contributed by atoms with E-state index in [4.69, 9.17) is 21.6 Å². The van der Waals surface area contributed by atoms with E-state index in [-0.39, 0.29) is 0 Å². The number of benzene rings is 2. The molecule has 3 rings (SSSR count). The Kier molecular flexibility index (Phi) is 6.90. The molecule has 1 heterocycles. The molecule has 2 aromatic rings. The summed E-state index contributed by atoms with van der Waals surface area (Å²) in [5, 5.41) is 42.5. The van der Waals surface area contributed by atoms with Gasteiger partial charge in [-0.3, -0.25) is 10.6 Å². The molecule has 152 valence electrons. The molecule has 1 aliphatic heterocycles. The van der Waals surface area contributed by atoms with E-state index in [0.29, 0.717) is 23.6 Å². The molecule has 8 heteroatoms. The van der Waals surface area contributed by atoms with Gasteiger partial charge in [-0.15, -0.1) is 0 Å². The quantitative estimate of drug-likeness (QED) is 0.366. The van der Waals surface area contributed by atoms with Gasteiger partial charge in [0.2, 0.25) is 0 Å². The third kappa shape index (κ3) is 4.47. The van der Waals surface area contributed by atoms with Crippen LogP contribution in [0.3, 0.4) is 0 Å². The summed E-state index contributed by atoms with van der Waals surface area (Å²) in [6.07, 6.45) is -4.90. The van der Waals surface area contributed by atoms with Crippen LogP contribution in [0.15, 0.2) is 42.5 Å². The number of aliphatic hydroxyl groups excluding tert-OH is 3. The largest absolute Gasteiger partial charge is 0.494 e. The summed E-state index contributed by atoms with van der Waals surface area (Å²) in [4.78, 5) is 4.18. The van der Waals surface area contributed by atoms with Gasteiger partial charge in [-0.25, -0.2) is 4.89 Å². The van der Waals surface area contributed by atoms with E-state index in [1.807, 2.05) is 37.3 Å². The highest BCUT2D eigenvalue weighted by Crippen LogP contribution is 2.30. The third-order valence-electron chi connectivity index (χ3n) is 4.87. The average molecular weight is 410 g/mol. The van der Waals surface area contributed by atoms with E-state index in [0.717, 1.165) is 16.9 Å². The molecule has 1 aliphatic rings. The van der Waals surface area contributed by atoms with Gasteiger partial charge in [-0.1, -0.05) is 35.9 Å². The fraction of sp³-hybridized carbons (Fsp3) is 0.400. The Hall–Kier alpha value is -1.71. The van der Waals surface area contributed by atoms with Crippen LogP contribution >= 0.6 is 11.6 Å². The smallest absolute Gasteiger partial charge is 0.172 e. The summed E-state index contributed by atoms with van der Waals surface area (Å²) in [6, 6.07) is 12.2. The number of nitrogens with one attached hydrogen (secondary N) is 1. The lowest BCUT2D eigenvalue weighted by molar-refractivity contribution is -0.327. The second-order valence-corrected chi connectivity index (χ2v) is 7.15. The number of rotatable bonds is 6. The minimum atomic E-state index is -1.48. The first-order valence-electron chi connectivity index (χ1n) is 9.05. The molecule has 0 bridgehead atoms. The van der Waals surface area contributed by atoms with E-state index in [1.165, 1.54) is 0 Å². The molecule has 5 N–H and O–H groups in total. The molecule has 5 atom stereocenters. The predicted octanol–water partition coefficient (Wildman–Crippen LogP) is 1.87. The van der Waals surface area contributed by atoms with Gasteiger partial charge in [0.1, 0.15) is 24.1 Å². The van der Waals surface area contributed by atoms with Crippen LogP contribution in [0.5, 0.6) is 5.75 Å². The van der Waals surface area contributed by atoms with Crippen LogP contribution in [0, 0.1) is 0 Å². The molecule has 28 heavy (non-hydrogen) atoms. The van der Waals surface area contributed by atoms with E-state index in [9.17, 15) is 15.3 Å². The van der Waals surface area contributed by atoms with Gasteiger partial charge >= 0.3 is 0 Å². The second-order valence-electron chi connectivity index (χ2n) is 6.75. The molecule has 0 spiro atoms. The zero-order valence-corrected chi connectivity index (χ0v) is 16.1. The standard InChI is InChI=1S/C20H24ClNO6/c1-2-27-14-6-3-11(4-7-14)9-13-10-12(5-8-15(13)21)16-17(23)18(24)19(25)20(22-16)28-26/h3-8,10,16-20,22-26H,2,9H2,1H3/t16-,17-,18+,19-,20+/m0/s1. The van der Waals surface area contributed by atoms with Crippen molar-refractivity contribution in [1.82, 2.24) is 5.32 Å². The van der Waals surface area contributed by atoms with E-state index >= 15 is 0 Å². The minimum Gasteiger partial charge on any atom is -0.494 e. The molecule has 0 unspecified atom stereocenters. The first-order valence-corrected chi connectivity index (χ1v) is 9.43. The van der Waals surface area contributed by atoms with Crippen molar-refractivity contribution < 1.29 is 30.2 Å². The summed E-state index contributed by atoms with van der Waals surface area (Å²) in [5.41, 5.74) is 2.51. The van der Waals surface area contributed by atoms with Gasteiger partial charge < -0.3 is 20.1 Å². The van der Waals surface area contributed by atoms with Gasteiger partial charge in [0.05, 0.1) is 12.6 Å². The predicted molar refractivity (Wildman–Crippen MR) is 103 cm³/mol. The van der Waals surface area contributed by atoms with Gasteiger partial charge in [0, 0.05) is 5.02 Å². The molecular weight excluding hydrogens is 386 g/mol. The Labute approximate surface area is 168 Å². The van der Waals surface area contributed by atoms with Crippen LogP contribution in [-0.4, -0.2) is 51.7 Å². The van der Waals surface area contributed by atoms with Crippen molar-refractivity contribution in [2.45, 2.75) is 43.9 Å². The van der Waals surface area contributed by atoms with Crippen LogP contribution < -0.4 is 10.1 Å².